The van der Waals surface area contributed by atoms with E-state index in [9.17, 15) is 22.0 Å². The Morgan fingerprint density at radius 3 is 2.29 bits per heavy atom. The van der Waals surface area contributed by atoms with Gasteiger partial charge in [-0.2, -0.15) is 0 Å². The van der Waals surface area contributed by atoms with Gasteiger partial charge in [-0.15, -0.1) is 0 Å². The molecule has 0 aliphatic carbocycles. The van der Waals surface area contributed by atoms with Gasteiger partial charge in [-0.25, -0.2) is 22.3 Å². The van der Waals surface area contributed by atoms with E-state index in [-0.39, 0.29) is 4.87 Å². The van der Waals surface area contributed by atoms with Crippen molar-refractivity contribution in [3.05, 3.63) is 69.1 Å². The van der Waals surface area contributed by atoms with Gasteiger partial charge in [-0.3, -0.25) is 9.36 Å². The van der Waals surface area contributed by atoms with Crippen LogP contribution in [0.25, 0.3) is 16.9 Å². The molecule has 5 nitrogen and oxygen atoms in total. The zero-order valence-corrected chi connectivity index (χ0v) is 13.6. The Bertz CT molecular complexity index is 1070. The van der Waals surface area contributed by atoms with Crippen LogP contribution in [0.4, 0.5) is 8.78 Å². The van der Waals surface area contributed by atoms with E-state index in [2.05, 4.69) is 0 Å². The Labute approximate surface area is 139 Å². The molecule has 3 aromatic rings. The van der Waals surface area contributed by atoms with Crippen LogP contribution in [0.5, 0.6) is 0 Å². The van der Waals surface area contributed by atoms with E-state index in [0.29, 0.717) is 16.9 Å². The van der Waals surface area contributed by atoms with Crippen molar-refractivity contribution in [3.63, 3.8) is 0 Å². The number of benzene rings is 2. The normalized spacial score (nSPS) is 11.6. The SMILES string of the molecule is NS(=O)(=O)c1ccc(-c2csc(=O)n2-c2ccc(F)cc2)cc1F. The van der Waals surface area contributed by atoms with Gasteiger partial charge in [0.25, 0.3) is 0 Å². The van der Waals surface area contributed by atoms with Crippen molar-refractivity contribution in [2.24, 2.45) is 5.14 Å². The minimum atomic E-state index is -4.18. The van der Waals surface area contributed by atoms with Gasteiger partial charge < -0.3 is 0 Å². The number of primary sulfonamides is 1. The maximum Gasteiger partial charge on any atom is 0.312 e. The quantitative estimate of drug-likeness (QED) is 0.771. The number of nitrogens with zero attached hydrogens (tertiary/aromatic N) is 1. The summed E-state index contributed by atoms with van der Waals surface area (Å²) < 4.78 is 50.9. The van der Waals surface area contributed by atoms with Crippen LogP contribution in [0.2, 0.25) is 0 Å². The summed E-state index contributed by atoms with van der Waals surface area (Å²) in [7, 11) is -4.18. The summed E-state index contributed by atoms with van der Waals surface area (Å²) in [6, 6.07) is 8.62. The van der Waals surface area contributed by atoms with Crippen LogP contribution >= 0.6 is 11.3 Å². The number of aromatic nitrogens is 1. The van der Waals surface area contributed by atoms with Crippen molar-refractivity contribution in [1.82, 2.24) is 4.57 Å². The third kappa shape index (κ3) is 3.01. The highest BCUT2D eigenvalue weighted by atomic mass is 32.2. The summed E-state index contributed by atoms with van der Waals surface area (Å²) in [4.78, 5) is 11.1. The van der Waals surface area contributed by atoms with Gasteiger partial charge in [-0.05, 0) is 36.4 Å². The van der Waals surface area contributed by atoms with Crippen molar-refractivity contribution in [2.45, 2.75) is 4.90 Å². The lowest BCUT2D eigenvalue weighted by Gasteiger charge is -2.09. The Balaban J connectivity index is 2.17. The third-order valence-corrected chi connectivity index (χ3v) is 4.98. The fraction of sp³-hybridized carbons (Fsp3) is 0. The molecule has 0 atom stereocenters. The van der Waals surface area contributed by atoms with Gasteiger partial charge in [0.1, 0.15) is 16.5 Å². The van der Waals surface area contributed by atoms with Crippen LogP contribution in [-0.2, 0) is 10.0 Å². The Morgan fingerprint density at radius 1 is 1.04 bits per heavy atom. The largest absolute Gasteiger partial charge is 0.312 e. The molecule has 24 heavy (non-hydrogen) atoms. The van der Waals surface area contributed by atoms with E-state index >= 15 is 0 Å². The van der Waals surface area contributed by atoms with Gasteiger partial charge in [0.2, 0.25) is 10.0 Å². The molecule has 3 rings (SSSR count). The number of thiazole rings is 1. The standard InChI is InChI=1S/C15H10F2N2O3S2/c16-10-2-4-11(5-3-10)19-13(8-23-15(19)20)9-1-6-14(12(17)7-9)24(18,21)22/h1-8H,(H2,18,21,22). The average molecular weight is 368 g/mol. The van der Waals surface area contributed by atoms with Crippen molar-refractivity contribution in [2.75, 3.05) is 0 Å². The number of halogens is 2. The van der Waals surface area contributed by atoms with E-state index < -0.39 is 26.6 Å². The lowest BCUT2D eigenvalue weighted by atomic mass is 10.1. The lowest BCUT2D eigenvalue weighted by Crippen LogP contribution is -2.14. The summed E-state index contributed by atoms with van der Waals surface area (Å²) in [6.45, 7) is 0. The average Bonchev–Trinajstić information content (AvgIpc) is 2.88. The molecule has 0 radical (unpaired) electrons. The topological polar surface area (TPSA) is 82.2 Å². The number of nitrogens with two attached hydrogens (primary N) is 1. The summed E-state index contributed by atoms with van der Waals surface area (Å²) in [5.74, 6) is -1.47. The maximum absolute atomic E-state index is 14.0. The third-order valence-electron chi connectivity index (χ3n) is 3.31. The van der Waals surface area contributed by atoms with Gasteiger partial charge in [-0.1, -0.05) is 17.4 Å². The fourth-order valence-corrected chi connectivity index (χ4v) is 3.58. The van der Waals surface area contributed by atoms with Crippen LogP contribution in [0.3, 0.4) is 0 Å². The van der Waals surface area contributed by atoms with Gasteiger partial charge >= 0.3 is 4.87 Å². The minimum Gasteiger partial charge on any atom is -0.267 e. The summed E-state index contributed by atoms with van der Waals surface area (Å²) in [5, 5.41) is 6.44. The summed E-state index contributed by atoms with van der Waals surface area (Å²) in [5.41, 5.74) is 1.06. The fourth-order valence-electron chi connectivity index (χ4n) is 2.23. The predicted octanol–water partition coefficient (Wildman–Crippen LogP) is 2.49. The smallest absolute Gasteiger partial charge is 0.267 e. The molecular weight excluding hydrogens is 358 g/mol. The Kier molecular flexibility index (Phi) is 4.08. The maximum atomic E-state index is 14.0. The zero-order valence-electron chi connectivity index (χ0n) is 11.9. The molecular formula is C15H10F2N2O3S2. The molecule has 9 heteroatoms. The van der Waals surface area contributed by atoms with Gasteiger partial charge in [0.15, 0.2) is 0 Å². The van der Waals surface area contributed by atoms with Crippen molar-refractivity contribution >= 4 is 21.4 Å². The van der Waals surface area contributed by atoms with Crippen molar-refractivity contribution in [3.8, 4) is 16.9 Å². The molecule has 0 aliphatic heterocycles. The molecule has 0 fully saturated rings. The number of sulfonamides is 1. The van der Waals surface area contributed by atoms with Crippen LogP contribution in [0, 0.1) is 11.6 Å². The molecule has 0 saturated heterocycles. The lowest BCUT2D eigenvalue weighted by molar-refractivity contribution is 0.568. The first-order valence-corrected chi connectivity index (χ1v) is 8.99. The van der Waals surface area contributed by atoms with E-state index in [0.717, 1.165) is 23.5 Å². The first kappa shape index (κ1) is 16.5. The number of hydrogen-bond acceptors (Lipinski definition) is 4. The molecule has 1 heterocycles. The summed E-state index contributed by atoms with van der Waals surface area (Å²) in [6.07, 6.45) is 0. The van der Waals surface area contributed by atoms with Crippen LogP contribution in [0.15, 0.2) is 57.5 Å². The van der Waals surface area contributed by atoms with Gasteiger partial charge in [0, 0.05) is 10.9 Å². The molecule has 1 aromatic heterocycles. The molecule has 124 valence electrons. The Morgan fingerprint density at radius 2 is 1.71 bits per heavy atom. The molecule has 0 spiro atoms. The molecule has 0 aliphatic rings. The highest BCUT2D eigenvalue weighted by Crippen LogP contribution is 2.26. The first-order chi connectivity index (χ1) is 11.3. The van der Waals surface area contributed by atoms with Crippen LogP contribution < -0.4 is 10.0 Å². The second-order valence-electron chi connectivity index (χ2n) is 4.89. The molecule has 2 aromatic carbocycles. The minimum absolute atomic E-state index is 0.294. The second kappa shape index (κ2) is 5.93. The number of rotatable bonds is 3. The van der Waals surface area contributed by atoms with E-state index in [4.69, 9.17) is 5.14 Å². The highest BCUT2D eigenvalue weighted by molar-refractivity contribution is 7.89. The molecule has 0 bridgehead atoms. The number of hydrogen-bond donors (Lipinski definition) is 1. The van der Waals surface area contributed by atoms with Crippen molar-refractivity contribution in [1.29, 1.82) is 0 Å². The summed E-state index contributed by atoms with van der Waals surface area (Å²) >= 11 is 0.889. The van der Waals surface area contributed by atoms with Crippen LogP contribution in [-0.4, -0.2) is 13.0 Å². The first-order valence-electron chi connectivity index (χ1n) is 6.56. The molecule has 0 amide bonds. The molecule has 0 saturated carbocycles. The highest BCUT2D eigenvalue weighted by Gasteiger charge is 2.17. The predicted molar refractivity (Wildman–Crippen MR) is 86.6 cm³/mol. The monoisotopic (exact) mass is 368 g/mol. The second-order valence-corrected chi connectivity index (χ2v) is 7.24. The molecule has 0 unspecified atom stereocenters. The zero-order chi connectivity index (χ0) is 17.5. The van der Waals surface area contributed by atoms with E-state index in [1.165, 1.54) is 40.3 Å². The Hall–Kier alpha value is -2.36. The molecule has 2 N–H and O–H groups in total. The van der Waals surface area contributed by atoms with Crippen LogP contribution in [0.1, 0.15) is 0 Å². The van der Waals surface area contributed by atoms with E-state index in [1.807, 2.05) is 0 Å². The van der Waals surface area contributed by atoms with E-state index in [1.54, 1.807) is 0 Å². The van der Waals surface area contributed by atoms with Gasteiger partial charge in [0.05, 0.1) is 11.4 Å². The van der Waals surface area contributed by atoms with Crippen molar-refractivity contribution < 1.29 is 17.2 Å².